The molecule has 0 saturated carbocycles. The van der Waals surface area contributed by atoms with Crippen LogP contribution in [0.1, 0.15) is 0 Å². The van der Waals surface area contributed by atoms with Gasteiger partial charge in [-0.25, -0.2) is 0 Å². The summed E-state index contributed by atoms with van der Waals surface area (Å²) in [5, 5.41) is 205. The van der Waals surface area contributed by atoms with Gasteiger partial charge in [0.25, 0.3) is 11.8 Å². The highest BCUT2D eigenvalue weighted by atomic mass is 16.7. The van der Waals surface area contributed by atoms with Gasteiger partial charge in [0.2, 0.25) is 11.8 Å². The Morgan fingerprint density at radius 2 is 0.759 bits per heavy atom. The van der Waals surface area contributed by atoms with Gasteiger partial charge in [-0.2, -0.15) is 0 Å². The molecule has 41 heteroatoms. The van der Waals surface area contributed by atoms with Gasteiger partial charge in [-0.3, -0.25) is 48.3 Å². The van der Waals surface area contributed by atoms with E-state index in [2.05, 4.69) is 31.6 Å². The third-order valence-corrected chi connectivity index (χ3v) is 12.6. The number of nitrogens with one attached hydrogen (secondary N) is 4. The molecule has 14 unspecified atom stereocenters. The molecule has 0 spiro atoms. The van der Waals surface area contributed by atoms with Crippen molar-refractivity contribution in [3.63, 3.8) is 0 Å². The molecule has 2 fully saturated rings. The van der Waals surface area contributed by atoms with Crippen LogP contribution in [-0.2, 0) is 62.2 Å². The molecule has 2 rings (SSSR count). The molecule has 0 aromatic heterocycles. The van der Waals surface area contributed by atoms with Gasteiger partial charge in [0.15, 0.2) is 25.8 Å². The van der Waals surface area contributed by atoms with Crippen LogP contribution in [0.4, 0.5) is 0 Å². The van der Waals surface area contributed by atoms with Crippen LogP contribution in [-0.4, -0.2) is 401 Å². The molecule has 18 atom stereocenters. The fourth-order valence-electron chi connectivity index (χ4n) is 7.91. The topological polar surface area (TPSA) is 642 Å². The summed E-state index contributed by atoms with van der Waals surface area (Å²) in [4.78, 5) is 98.2. The fourth-order valence-corrected chi connectivity index (χ4v) is 7.91. The fraction of sp³-hybridized carbons (Fsp3) is 0.804. The number of amides is 4. The zero-order valence-corrected chi connectivity index (χ0v) is 46.5. The second-order valence-electron chi connectivity index (χ2n) is 19.4. The average Bonchev–Trinajstić information content (AvgIpc) is 3.23. The van der Waals surface area contributed by atoms with E-state index in [4.69, 9.17) is 28.6 Å². The highest BCUT2D eigenvalue weighted by Crippen LogP contribution is 2.26. The van der Waals surface area contributed by atoms with Crippen LogP contribution in [0.15, 0.2) is 10.3 Å². The number of carboxylic acid groups (broad SMARTS) is 3. The van der Waals surface area contributed by atoms with Gasteiger partial charge in [-0.15, -0.1) is 0 Å². The Labute approximate surface area is 493 Å². The van der Waals surface area contributed by atoms with E-state index in [9.17, 15) is 131 Å². The number of rotatable bonds is 44. The normalized spacial score (nSPS) is 25.3. The van der Waals surface area contributed by atoms with E-state index in [1.807, 2.05) is 0 Å². The molecule has 2 saturated heterocycles. The number of carbonyl (C=O) groups excluding carboxylic acids is 4. The van der Waals surface area contributed by atoms with E-state index in [1.165, 1.54) is 4.90 Å². The number of hydrogen-bond acceptors (Lipinski definition) is 34. The van der Waals surface area contributed by atoms with E-state index in [0.717, 1.165) is 9.80 Å². The zero-order chi connectivity index (χ0) is 65.5. The lowest BCUT2D eigenvalue weighted by Crippen LogP contribution is -2.61. The Hall–Kier alpha value is -5.69. The summed E-state index contributed by atoms with van der Waals surface area (Å²) in [5.41, 5.74) is 0. The van der Waals surface area contributed by atoms with Gasteiger partial charge < -0.3 is 147 Å². The van der Waals surface area contributed by atoms with E-state index in [-0.39, 0.29) is 52.4 Å². The number of ether oxygens (including phenoxy) is 4. The summed E-state index contributed by atoms with van der Waals surface area (Å²) in [6, 6.07) is 0. The van der Waals surface area contributed by atoms with Crippen molar-refractivity contribution in [2.45, 2.75) is 110 Å². The summed E-state index contributed by atoms with van der Waals surface area (Å²) >= 11 is 0. The van der Waals surface area contributed by atoms with Crippen LogP contribution in [0.5, 0.6) is 0 Å². The van der Waals surface area contributed by atoms with Crippen LogP contribution in [0, 0.1) is 0 Å². The molecular weight excluding hydrogens is 1190 g/mol. The molecule has 41 nitrogen and oxygen atoms in total. The lowest BCUT2D eigenvalue weighted by atomic mass is 9.98. The summed E-state index contributed by atoms with van der Waals surface area (Å²) in [5.74, 6) is -7.13. The maximum absolute atomic E-state index is 12.8. The molecule has 87 heavy (non-hydrogen) atoms. The zero-order valence-electron chi connectivity index (χ0n) is 46.5. The number of aliphatic hydroxyl groups excluding tert-OH is 16. The lowest BCUT2D eigenvalue weighted by Gasteiger charge is -2.42. The number of aliphatic carboxylic acids is 3. The van der Waals surface area contributed by atoms with Crippen LogP contribution in [0.25, 0.3) is 0 Å². The van der Waals surface area contributed by atoms with Crippen molar-refractivity contribution in [3.05, 3.63) is 0 Å². The highest BCUT2D eigenvalue weighted by molar-refractivity contribution is 5.80. The van der Waals surface area contributed by atoms with Crippen molar-refractivity contribution < 1.29 is 159 Å². The SMILES string of the molecule is O=C(O)CN(CCN(CC(=O)O)CC(=O)NCCNC(=O)CO/N=C/[C@H](O)[C@H](O)C(OC1OC(CO)C(O)C(O)C1O)C(O)CO)CCN(CC(=O)O)CC(=O)NCCNC(=O)CO/N=C/[C@H](O)[C@H](O)C(OC1OC(CO)C(O)C(O)C1O)C(O)CO. The first-order valence-electron chi connectivity index (χ1n) is 26.5. The third kappa shape index (κ3) is 28.1. The largest absolute Gasteiger partial charge is 0.480 e. The number of oxime groups is 2. The van der Waals surface area contributed by atoms with Crippen LogP contribution < -0.4 is 21.3 Å². The highest BCUT2D eigenvalue weighted by Gasteiger charge is 2.48. The molecule has 502 valence electrons. The van der Waals surface area contributed by atoms with Crippen molar-refractivity contribution in [1.29, 1.82) is 0 Å². The number of nitrogens with zero attached hydrogens (tertiary/aromatic N) is 5. The third-order valence-electron chi connectivity index (χ3n) is 12.6. The number of aliphatic hydroxyl groups is 16. The second-order valence-corrected chi connectivity index (χ2v) is 19.4. The predicted octanol–water partition coefficient (Wildman–Crippen LogP) is -15.9. The minimum Gasteiger partial charge on any atom is -0.480 e. The summed E-state index contributed by atoms with van der Waals surface area (Å²) < 4.78 is 20.9. The monoisotopic (exact) mass is 1270 g/mol. The Balaban J connectivity index is 1.81. The smallest absolute Gasteiger partial charge is 0.317 e. The molecule has 0 aromatic rings. The first kappa shape index (κ1) is 77.4. The van der Waals surface area contributed by atoms with Gasteiger partial charge in [0.05, 0.1) is 71.6 Å². The minimum absolute atomic E-state index is 0.175. The van der Waals surface area contributed by atoms with E-state index >= 15 is 0 Å². The second kappa shape index (κ2) is 40.8. The number of carboxylic acids is 3. The molecule has 2 heterocycles. The minimum atomic E-state index is -2.13. The lowest BCUT2D eigenvalue weighted by molar-refractivity contribution is -0.326. The van der Waals surface area contributed by atoms with Gasteiger partial charge in [0.1, 0.15) is 97.7 Å². The van der Waals surface area contributed by atoms with E-state index in [0.29, 0.717) is 12.4 Å². The van der Waals surface area contributed by atoms with Gasteiger partial charge in [0, 0.05) is 52.4 Å². The molecule has 2 aliphatic heterocycles. The van der Waals surface area contributed by atoms with Gasteiger partial charge >= 0.3 is 17.9 Å². The first-order chi connectivity index (χ1) is 41.1. The molecule has 0 radical (unpaired) electrons. The van der Waals surface area contributed by atoms with Crippen LogP contribution in [0.3, 0.4) is 0 Å². The molecule has 4 amide bonds. The molecule has 0 aliphatic carbocycles. The van der Waals surface area contributed by atoms with Crippen molar-refractivity contribution in [3.8, 4) is 0 Å². The van der Waals surface area contributed by atoms with Crippen LogP contribution in [0.2, 0.25) is 0 Å². The van der Waals surface area contributed by atoms with Gasteiger partial charge in [-0.1, -0.05) is 10.3 Å². The Morgan fingerprint density at radius 3 is 1.07 bits per heavy atom. The molecule has 2 aliphatic rings. The van der Waals surface area contributed by atoms with E-state index < -0.39 is 224 Å². The summed E-state index contributed by atoms with van der Waals surface area (Å²) in [6.45, 7) is -10.0. The van der Waals surface area contributed by atoms with Crippen molar-refractivity contribution in [2.24, 2.45) is 10.3 Å². The van der Waals surface area contributed by atoms with Gasteiger partial charge in [-0.05, 0) is 0 Å². The summed E-state index contributed by atoms with van der Waals surface area (Å²) in [7, 11) is 0. The number of carbonyl (C=O) groups is 7. The molecule has 0 bridgehead atoms. The van der Waals surface area contributed by atoms with Crippen molar-refractivity contribution >= 4 is 54.0 Å². The maximum atomic E-state index is 12.8. The Morgan fingerprint density at radius 1 is 0.448 bits per heavy atom. The molecule has 0 aromatic carbocycles. The van der Waals surface area contributed by atoms with E-state index in [1.54, 1.807) is 0 Å². The maximum Gasteiger partial charge on any atom is 0.317 e. The number of hydrogen-bond donors (Lipinski definition) is 23. The average molecular weight is 1270 g/mol. The Kier molecular flexibility index (Phi) is 36.3. The molecular formula is C46H81N9O32. The summed E-state index contributed by atoms with van der Waals surface area (Å²) in [6.07, 6.45) is -32.9. The predicted molar refractivity (Wildman–Crippen MR) is 281 cm³/mol. The van der Waals surface area contributed by atoms with Crippen molar-refractivity contribution in [1.82, 2.24) is 36.0 Å². The first-order valence-corrected chi connectivity index (χ1v) is 26.5. The standard InChI is InChI=1S/C46H81N9O32/c56-16-24(62)43(86-45-41(80)39(78)37(76)26(18-58)84-45)35(74)22(60)9-51-82-20-30(66)49-3-1-47-28(64)11-54(14-33(70)71)7-5-53(13-32(68)69)6-8-55(15-34(72)73)12-29(65)48-2-4-50-31(67)21-83-52-10-23(61)36(75)44(25(63)17-57)87-46-42(81)40(79)38(77)27(19-59)85-46/h9-10,22-27,35-46,56-63,74-81H,1-8,11-21H2,(H,47,64)(H,48,65)(H,49,66)(H,50,67)(H,68,69)(H,70,71)(H,72,73)/b51-9+,52-10+/t22-,23-,24?,25?,26?,27?,35-,36-,37?,38?,39?,40?,41?,42?,43?,44?,45?,46?/m0/s1. The quantitative estimate of drug-likeness (QED) is 0.0153. The van der Waals surface area contributed by atoms with Crippen LogP contribution >= 0.6 is 0 Å². The van der Waals surface area contributed by atoms with Crippen molar-refractivity contribution in [2.75, 3.05) is 125 Å². The molecule has 23 N–H and O–H groups in total. The Bertz CT molecular complexity index is 2010.